The summed E-state index contributed by atoms with van der Waals surface area (Å²) in [6.07, 6.45) is 6.58. The van der Waals surface area contributed by atoms with Crippen molar-refractivity contribution in [1.29, 1.82) is 0 Å². The van der Waals surface area contributed by atoms with Gasteiger partial charge in [-0.3, -0.25) is 4.90 Å². The monoisotopic (exact) mass is 231 g/mol. The topological polar surface area (TPSA) is 12.5 Å². The number of rotatable bonds is 2. The highest BCUT2D eigenvalue weighted by atomic mass is 16.5. The first kappa shape index (κ1) is 11.1. The van der Waals surface area contributed by atoms with Gasteiger partial charge in [-0.25, -0.2) is 0 Å². The Hall–Kier alpha value is -1.02. The summed E-state index contributed by atoms with van der Waals surface area (Å²) in [5.74, 6) is 1.08. The van der Waals surface area contributed by atoms with Gasteiger partial charge in [0.15, 0.2) is 0 Å². The second-order valence-corrected chi connectivity index (χ2v) is 5.22. The molecule has 0 aromatic heterocycles. The van der Waals surface area contributed by atoms with Crippen LogP contribution in [0, 0.1) is 0 Å². The van der Waals surface area contributed by atoms with E-state index in [1.807, 2.05) is 0 Å². The van der Waals surface area contributed by atoms with E-state index < -0.39 is 0 Å². The van der Waals surface area contributed by atoms with Gasteiger partial charge in [0, 0.05) is 19.1 Å². The molecule has 0 atom stereocenters. The minimum atomic E-state index is 0.871. The molecule has 2 aliphatic rings. The molecule has 0 radical (unpaired) electrons. The fourth-order valence-electron chi connectivity index (χ4n) is 3.07. The SMILES string of the molecule is COc1cccc2c1CCN(C1CCC1)CC2. The number of ether oxygens (including phenoxy) is 1. The molecule has 1 aliphatic heterocycles. The van der Waals surface area contributed by atoms with Gasteiger partial charge >= 0.3 is 0 Å². The van der Waals surface area contributed by atoms with Gasteiger partial charge in [-0.05, 0) is 42.9 Å². The predicted octanol–water partition coefficient (Wildman–Crippen LogP) is 2.65. The highest BCUT2D eigenvalue weighted by molar-refractivity contribution is 5.41. The van der Waals surface area contributed by atoms with Crippen molar-refractivity contribution >= 4 is 0 Å². The number of hydrogen-bond acceptors (Lipinski definition) is 2. The number of methoxy groups -OCH3 is 1. The summed E-state index contributed by atoms with van der Waals surface area (Å²) in [4.78, 5) is 2.68. The second kappa shape index (κ2) is 4.69. The zero-order chi connectivity index (χ0) is 11.7. The Labute approximate surface area is 104 Å². The molecule has 0 N–H and O–H groups in total. The van der Waals surface area contributed by atoms with E-state index >= 15 is 0 Å². The van der Waals surface area contributed by atoms with E-state index in [2.05, 4.69) is 23.1 Å². The van der Waals surface area contributed by atoms with Crippen LogP contribution >= 0.6 is 0 Å². The number of hydrogen-bond donors (Lipinski definition) is 0. The number of nitrogens with zero attached hydrogens (tertiary/aromatic N) is 1. The molecular formula is C15H21NO. The molecule has 0 spiro atoms. The van der Waals surface area contributed by atoms with E-state index in [9.17, 15) is 0 Å². The average Bonchev–Trinajstić information content (AvgIpc) is 2.50. The first-order chi connectivity index (χ1) is 8.38. The van der Waals surface area contributed by atoms with Crippen molar-refractivity contribution in [3.63, 3.8) is 0 Å². The summed E-state index contributed by atoms with van der Waals surface area (Å²) >= 11 is 0. The first-order valence-electron chi connectivity index (χ1n) is 6.77. The third-order valence-electron chi connectivity index (χ3n) is 4.36. The summed E-state index contributed by atoms with van der Waals surface area (Å²) < 4.78 is 5.49. The molecule has 17 heavy (non-hydrogen) atoms. The van der Waals surface area contributed by atoms with Crippen molar-refractivity contribution < 1.29 is 4.74 Å². The molecule has 1 saturated carbocycles. The zero-order valence-corrected chi connectivity index (χ0v) is 10.6. The van der Waals surface area contributed by atoms with Crippen LogP contribution in [0.2, 0.25) is 0 Å². The van der Waals surface area contributed by atoms with Crippen LogP contribution in [0.5, 0.6) is 5.75 Å². The van der Waals surface area contributed by atoms with Crippen LogP contribution < -0.4 is 4.74 Å². The van der Waals surface area contributed by atoms with Crippen molar-refractivity contribution in [2.45, 2.75) is 38.1 Å². The average molecular weight is 231 g/mol. The lowest BCUT2D eigenvalue weighted by Crippen LogP contribution is -2.41. The van der Waals surface area contributed by atoms with Crippen LogP contribution in [0.25, 0.3) is 0 Å². The minimum Gasteiger partial charge on any atom is -0.496 e. The molecule has 0 amide bonds. The van der Waals surface area contributed by atoms with E-state index in [1.54, 1.807) is 7.11 Å². The highest BCUT2D eigenvalue weighted by Gasteiger charge is 2.26. The maximum absolute atomic E-state index is 5.49. The van der Waals surface area contributed by atoms with Gasteiger partial charge in [0.25, 0.3) is 0 Å². The lowest BCUT2D eigenvalue weighted by molar-refractivity contribution is 0.133. The van der Waals surface area contributed by atoms with Gasteiger partial charge in [-0.2, -0.15) is 0 Å². The molecule has 1 fully saturated rings. The summed E-state index contributed by atoms with van der Waals surface area (Å²) in [5, 5.41) is 0. The van der Waals surface area contributed by atoms with Crippen LogP contribution in [0.15, 0.2) is 18.2 Å². The quantitative estimate of drug-likeness (QED) is 0.776. The lowest BCUT2D eigenvalue weighted by Gasteiger charge is -2.36. The van der Waals surface area contributed by atoms with Gasteiger partial charge in [0.05, 0.1) is 7.11 Å². The van der Waals surface area contributed by atoms with E-state index in [1.165, 1.54) is 49.9 Å². The van der Waals surface area contributed by atoms with Crippen molar-refractivity contribution in [3.8, 4) is 5.75 Å². The van der Waals surface area contributed by atoms with Gasteiger partial charge in [-0.1, -0.05) is 18.6 Å². The predicted molar refractivity (Wildman–Crippen MR) is 69.6 cm³/mol. The Kier molecular flexibility index (Phi) is 3.06. The fraction of sp³-hybridized carbons (Fsp3) is 0.600. The Bertz CT molecular complexity index is 398. The third-order valence-corrected chi connectivity index (χ3v) is 4.36. The van der Waals surface area contributed by atoms with Gasteiger partial charge in [-0.15, -0.1) is 0 Å². The molecule has 1 heterocycles. The molecule has 0 bridgehead atoms. The van der Waals surface area contributed by atoms with Crippen LogP contribution in [0.3, 0.4) is 0 Å². The number of fused-ring (bicyclic) bond motifs is 1. The normalized spacial score (nSPS) is 21.5. The maximum Gasteiger partial charge on any atom is 0.122 e. The van der Waals surface area contributed by atoms with Crippen molar-refractivity contribution in [2.75, 3.05) is 20.2 Å². The Balaban J connectivity index is 1.79. The standard InChI is InChI=1S/C15H21NO/c1-17-15-7-2-4-12-8-10-16(11-9-14(12)15)13-5-3-6-13/h2,4,7,13H,3,5-6,8-11H2,1H3. The molecule has 0 unspecified atom stereocenters. The molecular weight excluding hydrogens is 210 g/mol. The Morgan fingerprint density at radius 3 is 2.71 bits per heavy atom. The van der Waals surface area contributed by atoms with E-state index in [-0.39, 0.29) is 0 Å². The van der Waals surface area contributed by atoms with E-state index in [0.29, 0.717) is 0 Å². The van der Waals surface area contributed by atoms with Crippen LogP contribution in [-0.4, -0.2) is 31.1 Å². The van der Waals surface area contributed by atoms with Crippen LogP contribution in [0.1, 0.15) is 30.4 Å². The van der Waals surface area contributed by atoms with Gasteiger partial charge in [0.2, 0.25) is 0 Å². The first-order valence-corrected chi connectivity index (χ1v) is 6.77. The molecule has 0 saturated heterocycles. The third kappa shape index (κ3) is 2.06. The van der Waals surface area contributed by atoms with Crippen LogP contribution in [-0.2, 0) is 12.8 Å². The fourth-order valence-corrected chi connectivity index (χ4v) is 3.07. The van der Waals surface area contributed by atoms with E-state index in [0.717, 1.165) is 18.2 Å². The van der Waals surface area contributed by atoms with E-state index in [4.69, 9.17) is 4.74 Å². The summed E-state index contributed by atoms with van der Waals surface area (Å²) in [6.45, 7) is 2.43. The summed E-state index contributed by atoms with van der Waals surface area (Å²) in [6, 6.07) is 7.35. The molecule has 2 nitrogen and oxygen atoms in total. The molecule has 92 valence electrons. The number of benzene rings is 1. The Morgan fingerprint density at radius 1 is 1.18 bits per heavy atom. The second-order valence-electron chi connectivity index (χ2n) is 5.22. The molecule has 1 aliphatic carbocycles. The molecule has 3 rings (SSSR count). The summed E-state index contributed by atoms with van der Waals surface area (Å²) in [5.41, 5.74) is 2.93. The van der Waals surface area contributed by atoms with Crippen molar-refractivity contribution in [2.24, 2.45) is 0 Å². The minimum absolute atomic E-state index is 0.871. The molecule has 2 heteroatoms. The van der Waals surface area contributed by atoms with Crippen molar-refractivity contribution in [1.82, 2.24) is 4.90 Å². The lowest BCUT2D eigenvalue weighted by atomic mass is 9.91. The van der Waals surface area contributed by atoms with Gasteiger partial charge < -0.3 is 4.74 Å². The largest absolute Gasteiger partial charge is 0.496 e. The molecule has 1 aromatic rings. The van der Waals surface area contributed by atoms with Crippen molar-refractivity contribution in [3.05, 3.63) is 29.3 Å². The maximum atomic E-state index is 5.49. The zero-order valence-electron chi connectivity index (χ0n) is 10.6. The van der Waals surface area contributed by atoms with Crippen LogP contribution in [0.4, 0.5) is 0 Å². The van der Waals surface area contributed by atoms with Gasteiger partial charge in [0.1, 0.15) is 5.75 Å². The Morgan fingerprint density at radius 2 is 2.00 bits per heavy atom. The summed E-state index contributed by atoms with van der Waals surface area (Å²) in [7, 11) is 1.78. The molecule has 1 aromatic carbocycles. The highest BCUT2D eigenvalue weighted by Crippen LogP contribution is 2.30. The smallest absolute Gasteiger partial charge is 0.122 e.